The van der Waals surface area contributed by atoms with Crippen molar-refractivity contribution in [3.8, 4) is 0 Å². The van der Waals surface area contributed by atoms with Crippen molar-refractivity contribution in [2.24, 2.45) is 11.8 Å². The first-order chi connectivity index (χ1) is 20.1. The van der Waals surface area contributed by atoms with Crippen LogP contribution in [0, 0.1) is 17.7 Å². The number of pyridine rings is 1. The summed E-state index contributed by atoms with van der Waals surface area (Å²) in [6, 6.07) is 7.30. The molecular weight excluding hydrogens is 554 g/mol. The van der Waals surface area contributed by atoms with Crippen molar-refractivity contribution in [2.45, 2.75) is 74.9 Å². The normalized spacial score (nSPS) is 29.5. The van der Waals surface area contributed by atoms with Gasteiger partial charge >= 0.3 is 6.18 Å². The van der Waals surface area contributed by atoms with E-state index in [1.807, 2.05) is 0 Å². The quantitative estimate of drug-likeness (QED) is 0.404. The summed E-state index contributed by atoms with van der Waals surface area (Å²) in [6.45, 7) is 1.96. The molecule has 7 nitrogen and oxygen atoms in total. The molecule has 0 spiro atoms. The van der Waals surface area contributed by atoms with Gasteiger partial charge in [-0.05, 0) is 79.8 Å². The van der Waals surface area contributed by atoms with Gasteiger partial charge < -0.3 is 19.5 Å². The SMILES string of the molecule is O=C[C@@H](O)C1CN([C@@H]2CC[C@@](C(=O)N3CCc4ncc(C(F)(F)F)cc4C3)(C3CC3)OC2)CCC1c1ccc(F)cc1. The third-order valence-corrected chi connectivity index (χ3v) is 9.72. The molecule has 6 rings (SSSR count). The molecule has 0 bridgehead atoms. The number of aliphatic hydroxyl groups excluding tert-OH is 1. The van der Waals surface area contributed by atoms with E-state index >= 15 is 0 Å². The minimum atomic E-state index is -4.50. The summed E-state index contributed by atoms with van der Waals surface area (Å²) in [5, 5.41) is 10.6. The molecule has 226 valence electrons. The molecule has 1 amide bonds. The molecule has 5 atom stereocenters. The predicted octanol–water partition coefficient (Wildman–Crippen LogP) is 4.12. The van der Waals surface area contributed by atoms with Crippen LogP contribution < -0.4 is 0 Å². The number of fused-ring (bicyclic) bond motifs is 1. The van der Waals surface area contributed by atoms with Crippen LogP contribution in [0.5, 0.6) is 0 Å². The Labute approximate surface area is 241 Å². The lowest BCUT2D eigenvalue weighted by Crippen LogP contribution is -2.59. The van der Waals surface area contributed by atoms with Crippen molar-refractivity contribution in [1.29, 1.82) is 0 Å². The van der Waals surface area contributed by atoms with E-state index in [4.69, 9.17) is 4.74 Å². The Kier molecular flexibility index (Phi) is 7.86. The summed E-state index contributed by atoms with van der Waals surface area (Å²) >= 11 is 0. The number of carbonyl (C=O) groups excluding carboxylic acids is 2. The van der Waals surface area contributed by atoms with E-state index in [0.717, 1.165) is 30.7 Å². The van der Waals surface area contributed by atoms with E-state index in [-0.39, 0.29) is 42.1 Å². The number of aldehydes is 1. The summed E-state index contributed by atoms with van der Waals surface area (Å²) in [5.41, 5.74) is 0.101. The zero-order valence-electron chi connectivity index (χ0n) is 23.2. The minimum Gasteiger partial charge on any atom is -0.385 e. The maximum absolute atomic E-state index is 14.0. The molecule has 2 unspecified atom stereocenters. The Balaban J connectivity index is 1.14. The van der Waals surface area contributed by atoms with Gasteiger partial charge in [-0.1, -0.05) is 12.1 Å². The molecule has 1 aromatic heterocycles. The van der Waals surface area contributed by atoms with Crippen LogP contribution in [0.1, 0.15) is 60.4 Å². The number of hydrogen-bond acceptors (Lipinski definition) is 6. The first-order valence-electron chi connectivity index (χ1n) is 14.7. The van der Waals surface area contributed by atoms with E-state index in [0.29, 0.717) is 69.5 Å². The highest BCUT2D eigenvalue weighted by Gasteiger charge is 2.56. The Morgan fingerprint density at radius 1 is 1.14 bits per heavy atom. The molecule has 42 heavy (non-hydrogen) atoms. The summed E-state index contributed by atoms with van der Waals surface area (Å²) in [4.78, 5) is 33.5. The monoisotopic (exact) mass is 589 g/mol. The number of aliphatic hydroxyl groups is 1. The van der Waals surface area contributed by atoms with Crippen molar-refractivity contribution in [3.05, 3.63) is 64.7 Å². The standard InChI is InChI=1S/C31H35F4N3O4/c32-23-5-1-19(2-6-23)25-8-11-37(16-26(25)28(40)17-39)24-7-10-30(42-18-24,21-3-4-21)29(41)38-12-9-27-20(15-38)13-22(14-36-27)31(33,34)35/h1-2,5-6,13-14,17,21,24-26,28,40H,3-4,7-12,15-16,18H2/t24-,25?,26?,28-,30+/m1/s1. The van der Waals surface area contributed by atoms with Crippen LogP contribution in [-0.4, -0.2) is 76.1 Å². The van der Waals surface area contributed by atoms with E-state index < -0.39 is 23.4 Å². The molecule has 2 aromatic rings. The minimum absolute atomic E-state index is 0.000760. The molecule has 1 aromatic carbocycles. The van der Waals surface area contributed by atoms with Crippen molar-refractivity contribution in [3.63, 3.8) is 0 Å². The smallest absolute Gasteiger partial charge is 0.385 e. The summed E-state index contributed by atoms with van der Waals surface area (Å²) in [6.07, 6.45) is -0.225. The molecule has 2 saturated heterocycles. The second-order valence-electron chi connectivity index (χ2n) is 12.2. The Bertz CT molecular complexity index is 1310. The number of amides is 1. The number of aromatic nitrogens is 1. The molecular formula is C31H35F4N3O4. The van der Waals surface area contributed by atoms with Gasteiger partial charge in [-0.15, -0.1) is 0 Å². The molecule has 3 fully saturated rings. The highest BCUT2D eigenvalue weighted by Crippen LogP contribution is 2.49. The van der Waals surface area contributed by atoms with Crippen LogP contribution in [0.25, 0.3) is 0 Å². The van der Waals surface area contributed by atoms with Gasteiger partial charge in [0.1, 0.15) is 23.8 Å². The Morgan fingerprint density at radius 3 is 2.55 bits per heavy atom. The summed E-state index contributed by atoms with van der Waals surface area (Å²) in [7, 11) is 0. The van der Waals surface area contributed by atoms with Gasteiger partial charge in [0, 0.05) is 49.9 Å². The van der Waals surface area contributed by atoms with Gasteiger partial charge in [-0.3, -0.25) is 14.7 Å². The molecule has 11 heteroatoms. The second-order valence-corrected chi connectivity index (χ2v) is 12.2. The first-order valence-corrected chi connectivity index (χ1v) is 14.7. The molecule has 3 aliphatic heterocycles. The number of benzene rings is 1. The number of nitrogens with zero attached hydrogens (tertiary/aromatic N) is 3. The fourth-order valence-electron chi connectivity index (χ4n) is 7.22. The van der Waals surface area contributed by atoms with Crippen molar-refractivity contribution in [1.82, 2.24) is 14.8 Å². The highest BCUT2D eigenvalue weighted by molar-refractivity contribution is 5.86. The van der Waals surface area contributed by atoms with Gasteiger partial charge in [0.25, 0.3) is 5.91 Å². The van der Waals surface area contributed by atoms with Crippen LogP contribution in [0.2, 0.25) is 0 Å². The molecule has 4 heterocycles. The van der Waals surface area contributed by atoms with Crippen LogP contribution in [0.3, 0.4) is 0 Å². The van der Waals surface area contributed by atoms with Crippen molar-refractivity contribution < 1.29 is 37.0 Å². The molecule has 1 N–H and O–H groups in total. The fourth-order valence-corrected chi connectivity index (χ4v) is 7.22. The molecule has 1 saturated carbocycles. The third kappa shape index (κ3) is 5.58. The first kappa shape index (κ1) is 29.2. The lowest BCUT2D eigenvalue weighted by Gasteiger charge is -2.48. The molecule has 0 radical (unpaired) electrons. The summed E-state index contributed by atoms with van der Waals surface area (Å²) < 4.78 is 59.9. The molecule has 4 aliphatic rings. The fraction of sp³-hybridized carbons (Fsp3) is 0.581. The van der Waals surface area contributed by atoms with E-state index in [1.165, 1.54) is 12.1 Å². The second kappa shape index (κ2) is 11.3. The number of ether oxygens (including phenoxy) is 1. The average molecular weight is 590 g/mol. The van der Waals surface area contributed by atoms with Crippen LogP contribution in [0.15, 0.2) is 36.5 Å². The number of hydrogen-bond donors (Lipinski definition) is 1. The summed E-state index contributed by atoms with van der Waals surface area (Å²) in [5.74, 6) is -0.861. The van der Waals surface area contributed by atoms with Crippen molar-refractivity contribution >= 4 is 12.2 Å². The zero-order chi connectivity index (χ0) is 29.6. The maximum Gasteiger partial charge on any atom is 0.417 e. The van der Waals surface area contributed by atoms with Crippen LogP contribution >= 0.6 is 0 Å². The Morgan fingerprint density at radius 2 is 1.90 bits per heavy atom. The Hall–Kier alpha value is -2.89. The van der Waals surface area contributed by atoms with Gasteiger partial charge in [0.2, 0.25) is 0 Å². The third-order valence-electron chi connectivity index (χ3n) is 9.72. The number of rotatable bonds is 6. The lowest BCUT2D eigenvalue weighted by atomic mass is 9.76. The van der Waals surface area contributed by atoms with Gasteiger partial charge in [0.15, 0.2) is 0 Å². The van der Waals surface area contributed by atoms with E-state index in [1.54, 1.807) is 17.0 Å². The zero-order valence-corrected chi connectivity index (χ0v) is 23.2. The predicted molar refractivity (Wildman–Crippen MR) is 144 cm³/mol. The van der Waals surface area contributed by atoms with Gasteiger partial charge in [-0.25, -0.2) is 4.39 Å². The molecule has 1 aliphatic carbocycles. The van der Waals surface area contributed by atoms with E-state index in [2.05, 4.69) is 9.88 Å². The number of carbonyl (C=O) groups is 2. The number of alkyl halides is 3. The number of likely N-dealkylation sites (tertiary alicyclic amines) is 1. The van der Waals surface area contributed by atoms with Crippen LogP contribution in [0.4, 0.5) is 17.6 Å². The average Bonchev–Trinajstić information content (AvgIpc) is 3.86. The number of halogens is 4. The lowest BCUT2D eigenvalue weighted by molar-refractivity contribution is -0.177. The van der Waals surface area contributed by atoms with Gasteiger partial charge in [-0.2, -0.15) is 13.2 Å². The largest absolute Gasteiger partial charge is 0.417 e. The van der Waals surface area contributed by atoms with Crippen LogP contribution in [-0.2, 0) is 33.5 Å². The van der Waals surface area contributed by atoms with E-state index in [9.17, 15) is 32.3 Å². The van der Waals surface area contributed by atoms with Gasteiger partial charge in [0.05, 0.1) is 12.2 Å². The maximum atomic E-state index is 14.0. The topological polar surface area (TPSA) is 83.0 Å². The number of piperidine rings is 1. The van der Waals surface area contributed by atoms with Crippen molar-refractivity contribution in [2.75, 3.05) is 26.2 Å². The highest BCUT2D eigenvalue weighted by atomic mass is 19.4.